The summed E-state index contributed by atoms with van der Waals surface area (Å²) >= 11 is 0. The van der Waals surface area contributed by atoms with Crippen molar-refractivity contribution in [3.8, 4) is 5.75 Å². The van der Waals surface area contributed by atoms with Crippen molar-refractivity contribution < 1.29 is 4.74 Å². The summed E-state index contributed by atoms with van der Waals surface area (Å²) in [7, 11) is 0. The second-order valence-electron chi connectivity index (χ2n) is 4.72. The first kappa shape index (κ1) is 11.0. The molecule has 0 amide bonds. The van der Waals surface area contributed by atoms with E-state index < -0.39 is 0 Å². The van der Waals surface area contributed by atoms with E-state index in [0.29, 0.717) is 0 Å². The SMILES string of the molecule is CC1=CCC(C)(Oc2cccc(C)c2)C=C1. The molecule has 1 aliphatic carbocycles. The fourth-order valence-corrected chi connectivity index (χ4v) is 1.83. The third kappa shape index (κ3) is 2.54. The minimum atomic E-state index is -0.201. The van der Waals surface area contributed by atoms with Crippen LogP contribution in [0.15, 0.2) is 48.1 Å². The lowest BCUT2D eigenvalue weighted by atomic mass is 9.94. The minimum absolute atomic E-state index is 0.201. The maximum absolute atomic E-state index is 6.04. The largest absolute Gasteiger partial charge is 0.483 e. The van der Waals surface area contributed by atoms with Gasteiger partial charge in [-0.05, 0) is 44.5 Å². The van der Waals surface area contributed by atoms with E-state index in [1.807, 2.05) is 12.1 Å². The molecule has 1 nitrogen and oxygen atoms in total. The van der Waals surface area contributed by atoms with Crippen molar-refractivity contribution in [2.75, 3.05) is 0 Å². The van der Waals surface area contributed by atoms with Crippen LogP contribution in [0.4, 0.5) is 0 Å². The zero-order valence-corrected chi connectivity index (χ0v) is 10.2. The van der Waals surface area contributed by atoms with Crippen LogP contribution in [-0.2, 0) is 0 Å². The van der Waals surface area contributed by atoms with Crippen molar-refractivity contribution in [3.05, 3.63) is 53.6 Å². The van der Waals surface area contributed by atoms with Crippen LogP contribution in [0.5, 0.6) is 5.75 Å². The first-order chi connectivity index (χ1) is 7.57. The highest BCUT2D eigenvalue weighted by atomic mass is 16.5. The number of benzene rings is 1. The highest BCUT2D eigenvalue weighted by Gasteiger charge is 2.23. The lowest BCUT2D eigenvalue weighted by molar-refractivity contribution is 0.142. The Bertz CT molecular complexity index is 443. The second kappa shape index (κ2) is 4.17. The second-order valence-corrected chi connectivity index (χ2v) is 4.72. The standard InChI is InChI=1S/C15H18O/c1-12-7-9-15(3,10-8-12)16-14-6-4-5-13(2)11-14/h4-9,11H,10H2,1-3H3. The van der Waals surface area contributed by atoms with Crippen LogP contribution in [0, 0.1) is 6.92 Å². The maximum atomic E-state index is 6.04. The predicted octanol–water partition coefficient (Wildman–Crippen LogP) is 4.04. The summed E-state index contributed by atoms with van der Waals surface area (Å²) < 4.78 is 6.04. The fourth-order valence-electron chi connectivity index (χ4n) is 1.83. The average Bonchev–Trinajstić information content (AvgIpc) is 2.23. The van der Waals surface area contributed by atoms with Crippen molar-refractivity contribution in [1.29, 1.82) is 0 Å². The molecule has 0 fully saturated rings. The fraction of sp³-hybridized carbons (Fsp3) is 0.333. The van der Waals surface area contributed by atoms with Gasteiger partial charge in [-0.3, -0.25) is 0 Å². The molecule has 0 saturated carbocycles. The van der Waals surface area contributed by atoms with Crippen molar-refractivity contribution in [2.24, 2.45) is 0 Å². The monoisotopic (exact) mass is 214 g/mol. The highest BCUT2D eigenvalue weighted by Crippen LogP contribution is 2.27. The van der Waals surface area contributed by atoms with E-state index >= 15 is 0 Å². The average molecular weight is 214 g/mol. The van der Waals surface area contributed by atoms with Crippen LogP contribution in [0.3, 0.4) is 0 Å². The summed E-state index contributed by atoms with van der Waals surface area (Å²) in [6.07, 6.45) is 7.42. The van der Waals surface area contributed by atoms with Crippen LogP contribution in [-0.4, -0.2) is 5.60 Å². The van der Waals surface area contributed by atoms with Crippen LogP contribution >= 0.6 is 0 Å². The molecule has 0 N–H and O–H groups in total. The van der Waals surface area contributed by atoms with E-state index in [9.17, 15) is 0 Å². The topological polar surface area (TPSA) is 9.23 Å². The Hall–Kier alpha value is -1.50. The molecule has 1 aromatic carbocycles. The third-order valence-electron chi connectivity index (χ3n) is 2.87. The van der Waals surface area contributed by atoms with Gasteiger partial charge < -0.3 is 4.74 Å². The van der Waals surface area contributed by atoms with E-state index in [4.69, 9.17) is 4.74 Å². The molecule has 0 saturated heterocycles. The summed E-state index contributed by atoms with van der Waals surface area (Å²) in [6, 6.07) is 8.19. The summed E-state index contributed by atoms with van der Waals surface area (Å²) in [6.45, 7) is 6.31. The van der Waals surface area contributed by atoms with Crippen molar-refractivity contribution in [2.45, 2.75) is 32.8 Å². The van der Waals surface area contributed by atoms with Gasteiger partial charge >= 0.3 is 0 Å². The summed E-state index contributed by atoms with van der Waals surface area (Å²) in [4.78, 5) is 0. The Morgan fingerprint density at radius 2 is 2.06 bits per heavy atom. The number of rotatable bonds is 2. The molecular weight excluding hydrogens is 196 g/mol. The molecule has 1 aromatic rings. The summed E-state index contributed by atoms with van der Waals surface area (Å²) in [5, 5.41) is 0. The molecule has 0 spiro atoms. The lowest BCUT2D eigenvalue weighted by Crippen LogP contribution is -2.30. The van der Waals surface area contributed by atoms with E-state index in [1.165, 1.54) is 11.1 Å². The minimum Gasteiger partial charge on any atom is -0.483 e. The molecule has 1 unspecified atom stereocenters. The van der Waals surface area contributed by atoms with Gasteiger partial charge in [0.1, 0.15) is 11.4 Å². The first-order valence-corrected chi connectivity index (χ1v) is 5.69. The predicted molar refractivity (Wildman–Crippen MR) is 67.7 cm³/mol. The highest BCUT2D eigenvalue weighted by molar-refractivity contribution is 5.31. The van der Waals surface area contributed by atoms with Crippen molar-refractivity contribution in [3.63, 3.8) is 0 Å². The van der Waals surface area contributed by atoms with Gasteiger partial charge in [0, 0.05) is 6.42 Å². The molecule has 0 bridgehead atoms. The molecule has 2 rings (SSSR count). The normalized spacial score (nSPS) is 24.1. The van der Waals surface area contributed by atoms with Crippen LogP contribution in [0.25, 0.3) is 0 Å². The quantitative estimate of drug-likeness (QED) is 0.722. The van der Waals surface area contributed by atoms with Crippen LogP contribution < -0.4 is 4.74 Å². The van der Waals surface area contributed by atoms with E-state index in [1.54, 1.807) is 0 Å². The lowest BCUT2D eigenvalue weighted by Gasteiger charge is -2.29. The molecule has 1 atom stereocenters. The number of aryl methyl sites for hydroxylation is 1. The van der Waals surface area contributed by atoms with Gasteiger partial charge in [0.2, 0.25) is 0 Å². The number of ether oxygens (including phenoxy) is 1. The van der Waals surface area contributed by atoms with Gasteiger partial charge in [0.15, 0.2) is 0 Å². The Labute approximate surface area is 97.4 Å². The third-order valence-corrected chi connectivity index (χ3v) is 2.87. The van der Waals surface area contributed by atoms with E-state index in [2.05, 4.69) is 51.1 Å². The molecule has 0 aliphatic heterocycles. The van der Waals surface area contributed by atoms with Crippen LogP contribution in [0.1, 0.15) is 25.8 Å². The molecular formula is C15H18O. The number of allylic oxidation sites excluding steroid dienone is 2. The zero-order chi connectivity index (χ0) is 11.6. The molecule has 84 valence electrons. The molecule has 1 aliphatic rings. The van der Waals surface area contributed by atoms with Gasteiger partial charge in [0.25, 0.3) is 0 Å². The Morgan fingerprint density at radius 1 is 1.25 bits per heavy atom. The number of hydrogen-bond acceptors (Lipinski definition) is 1. The van der Waals surface area contributed by atoms with E-state index in [0.717, 1.165) is 12.2 Å². The van der Waals surface area contributed by atoms with Gasteiger partial charge in [-0.15, -0.1) is 0 Å². The van der Waals surface area contributed by atoms with Crippen LogP contribution in [0.2, 0.25) is 0 Å². The van der Waals surface area contributed by atoms with Gasteiger partial charge in [0.05, 0.1) is 0 Å². The molecule has 0 radical (unpaired) electrons. The Kier molecular flexibility index (Phi) is 2.86. The number of hydrogen-bond donors (Lipinski definition) is 0. The summed E-state index contributed by atoms with van der Waals surface area (Å²) in [5.41, 5.74) is 2.34. The van der Waals surface area contributed by atoms with Crippen molar-refractivity contribution >= 4 is 0 Å². The smallest absolute Gasteiger partial charge is 0.128 e. The Balaban J connectivity index is 2.13. The maximum Gasteiger partial charge on any atom is 0.128 e. The first-order valence-electron chi connectivity index (χ1n) is 5.69. The molecule has 0 aromatic heterocycles. The van der Waals surface area contributed by atoms with E-state index in [-0.39, 0.29) is 5.60 Å². The summed E-state index contributed by atoms with van der Waals surface area (Å²) in [5.74, 6) is 0.945. The zero-order valence-electron chi connectivity index (χ0n) is 10.2. The molecule has 16 heavy (non-hydrogen) atoms. The van der Waals surface area contributed by atoms with Crippen molar-refractivity contribution in [1.82, 2.24) is 0 Å². The van der Waals surface area contributed by atoms with Gasteiger partial charge in [-0.2, -0.15) is 0 Å². The van der Waals surface area contributed by atoms with Gasteiger partial charge in [-0.25, -0.2) is 0 Å². The Morgan fingerprint density at radius 3 is 2.69 bits per heavy atom. The van der Waals surface area contributed by atoms with Gasteiger partial charge in [-0.1, -0.05) is 29.9 Å². The molecule has 1 heteroatoms. The molecule has 0 heterocycles.